The number of benzene rings is 1. The van der Waals surface area contributed by atoms with Crippen LogP contribution in [0.3, 0.4) is 0 Å². The van der Waals surface area contributed by atoms with E-state index in [0.717, 1.165) is 44.4 Å². The highest BCUT2D eigenvalue weighted by atomic mass is 127. The third-order valence-corrected chi connectivity index (χ3v) is 5.99. The van der Waals surface area contributed by atoms with Gasteiger partial charge in [-0.2, -0.15) is 0 Å². The van der Waals surface area contributed by atoms with Gasteiger partial charge in [0.05, 0.1) is 12.6 Å². The highest BCUT2D eigenvalue weighted by molar-refractivity contribution is 14.0. The van der Waals surface area contributed by atoms with E-state index in [0.29, 0.717) is 12.5 Å². The second kappa shape index (κ2) is 11.6. The Hall–Kier alpha value is -1.39. The highest BCUT2D eigenvalue weighted by Crippen LogP contribution is 2.21. The quantitative estimate of drug-likeness (QED) is 0.349. The van der Waals surface area contributed by atoms with Crippen molar-refractivity contribution >= 4 is 46.4 Å². The molecule has 8 heteroatoms. The van der Waals surface area contributed by atoms with Crippen molar-refractivity contribution in [2.75, 3.05) is 50.7 Å². The van der Waals surface area contributed by atoms with Crippen LogP contribution in [0.25, 0.3) is 0 Å². The Bertz CT molecular complexity index is 697. The summed E-state index contributed by atoms with van der Waals surface area (Å²) in [5.74, 6) is 0.655. The second-order valence-corrected chi connectivity index (χ2v) is 7.51. The van der Waals surface area contributed by atoms with Gasteiger partial charge >= 0.3 is 0 Å². The molecule has 1 atom stereocenters. The number of guanidine groups is 1. The van der Waals surface area contributed by atoms with Gasteiger partial charge < -0.3 is 15.5 Å². The summed E-state index contributed by atoms with van der Waals surface area (Å²) in [5, 5.41) is 3.12. The first-order chi connectivity index (χ1) is 13.2. The Morgan fingerprint density at radius 1 is 1.18 bits per heavy atom. The maximum atomic E-state index is 6.35. The molecule has 2 heterocycles. The summed E-state index contributed by atoms with van der Waals surface area (Å²) in [4.78, 5) is 16.1. The largest absolute Gasteiger partial charge is 0.370 e. The SMILES string of the molecule is CCN(CC)C(CN=C(N)N1CCN(c2nccs2)CC1)c1ccccc1.I. The molecule has 2 N–H and O–H groups in total. The number of rotatable bonds is 7. The molecule has 1 aliphatic rings. The van der Waals surface area contributed by atoms with Gasteiger partial charge in [-0.25, -0.2) is 4.98 Å². The number of aromatic nitrogens is 1. The Balaban J connectivity index is 0.00000280. The van der Waals surface area contributed by atoms with Gasteiger partial charge in [0.1, 0.15) is 0 Å². The number of anilines is 1. The summed E-state index contributed by atoms with van der Waals surface area (Å²) in [6.07, 6.45) is 1.86. The first kappa shape index (κ1) is 22.9. The molecule has 1 fully saturated rings. The Morgan fingerprint density at radius 3 is 2.43 bits per heavy atom. The molecule has 3 rings (SSSR count). The number of aliphatic imine (C=N–C) groups is 1. The standard InChI is InChI=1S/C20H30N6S.HI/c1-3-24(4-2)18(17-8-6-5-7-9-17)16-23-19(21)25-11-13-26(14-12-25)20-22-10-15-27-20;/h5-10,15,18H,3-4,11-14,16H2,1-2H3,(H2,21,23);1H. The molecular formula is C20H31IN6S. The number of piperazine rings is 1. The third kappa shape index (κ3) is 5.81. The average Bonchev–Trinajstić information content (AvgIpc) is 3.26. The van der Waals surface area contributed by atoms with E-state index in [1.54, 1.807) is 11.3 Å². The van der Waals surface area contributed by atoms with Crippen molar-refractivity contribution in [3.8, 4) is 0 Å². The molecule has 154 valence electrons. The van der Waals surface area contributed by atoms with Crippen molar-refractivity contribution in [3.63, 3.8) is 0 Å². The van der Waals surface area contributed by atoms with E-state index in [1.165, 1.54) is 5.56 Å². The van der Waals surface area contributed by atoms with E-state index in [9.17, 15) is 0 Å². The lowest BCUT2D eigenvalue weighted by molar-refractivity contribution is 0.223. The molecule has 0 bridgehead atoms. The van der Waals surface area contributed by atoms with Gasteiger partial charge in [0.15, 0.2) is 11.1 Å². The van der Waals surface area contributed by atoms with Crippen molar-refractivity contribution in [1.29, 1.82) is 0 Å². The summed E-state index contributed by atoms with van der Waals surface area (Å²) < 4.78 is 0. The molecule has 0 saturated carbocycles. The number of nitrogens with zero attached hydrogens (tertiary/aromatic N) is 5. The van der Waals surface area contributed by atoms with Gasteiger partial charge in [0.2, 0.25) is 0 Å². The van der Waals surface area contributed by atoms with Crippen LogP contribution in [0.5, 0.6) is 0 Å². The molecular weight excluding hydrogens is 483 g/mol. The van der Waals surface area contributed by atoms with Crippen LogP contribution in [0, 0.1) is 0 Å². The molecule has 1 unspecified atom stereocenters. The van der Waals surface area contributed by atoms with Crippen LogP contribution in [0.1, 0.15) is 25.5 Å². The van der Waals surface area contributed by atoms with Gasteiger partial charge in [0.25, 0.3) is 0 Å². The molecule has 2 aromatic rings. The molecule has 1 aromatic carbocycles. The van der Waals surface area contributed by atoms with Crippen LogP contribution >= 0.6 is 35.3 Å². The summed E-state index contributed by atoms with van der Waals surface area (Å²) in [6, 6.07) is 10.9. The van der Waals surface area contributed by atoms with Gasteiger partial charge in [-0.3, -0.25) is 9.89 Å². The fraction of sp³-hybridized carbons (Fsp3) is 0.500. The Labute approximate surface area is 189 Å². The van der Waals surface area contributed by atoms with Crippen LogP contribution in [-0.2, 0) is 0 Å². The average molecular weight is 514 g/mol. The van der Waals surface area contributed by atoms with Crippen molar-refractivity contribution < 1.29 is 0 Å². The lowest BCUT2D eigenvalue weighted by Gasteiger charge is -2.35. The Morgan fingerprint density at radius 2 is 1.86 bits per heavy atom. The number of halogens is 1. The summed E-state index contributed by atoms with van der Waals surface area (Å²) in [7, 11) is 0. The first-order valence-corrected chi connectivity index (χ1v) is 10.6. The smallest absolute Gasteiger partial charge is 0.191 e. The summed E-state index contributed by atoms with van der Waals surface area (Å²) >= 11 is 1.69. The number of hydrogen-bond acceptors (Lipinski definition) is 5. The molecule has 0 aliphatic carbocycles. The van der Waals surface area contributed by atoms with Crippen molar-refractivity contribution in [1.82, 2.24) is 14.8 Å². The molecule has 1 aromatic heterocycles. The van der Waals surface area contributed by atoms with Gasteiger partial charge in [-0.05, 0) is 18.7 Å². The number of likely N-dealkylation sites (N-methyl/N-ethyl adjacent to an activating group) is 1. The minimum atomic E-state index is 0. The fourth-order valence-corrected chi connectivity index (χ4v) is 4.25. The van der Waals surface area contributed by atoms with E-state index in [1.807, 2.05) is 11.6 Å². The first-order valence-electron chi connectivity index (χ1n) is 9.71. The zero-order valence-electron chi connectivity index (χ0n) is 16.7. The van der Waals surface area contributed by atoms with E-state index >= 15 is 0 Å². The zero-order chi connectivity index (χ0) is 19.1. The highest BCUT2D eigenvalue weighted by Gasteiger charge is 2.21. The molecule has 6 nitrogen and oxygen atoms in total. The molecule has 0 amide bonds. The summed E-state index contributed by atoms with van der Waals surface area (Å²) in [6.45, 7) is 10.7. The zero-order valence-corrected chi connectivity index (χ0v) is 19.8. The minimum Gasteiger partial charge on any atom is -0.370 e. The fourth-order valence-electron chi connectivity index (χ4n) is 3.55. The molecule has 1 aliphatic heterocycles. The molecule has 0 spiro atoms. The summed E-state index contributed by atoms with van der Waals surface area (Å²) in [5.41, 5.74) is 7.65. The van der Waals surface area contributed by atoms with E-state index in [4.69, 9.17) is 10.7 Å². The van der Waals surface area contributed by atoms with Gasteiger partial charge in [0, 0.05) is 37.8 Å². The van der Waals surface area contributed by atoms with Crippen LogP contribution < -0.4 is 10.6 Å². The monoisotopic (exact) mass is 514 g/mol. The van der Waals surface area contributed by atoms with Crippen LogP contribution in [-0.4, -0.2) is 66.6 Å². The minimum absolute atomic E-state index is 0. The third-order valence-electron chi connectivity index (χ3n) is 5.16. The normalized spacial score (nSPS) is 16.2. The van der Waals surface area contributed by atoms with Crippen LogP contribution in [0.15, 0.2) is 46.9 Å². The topological polar surface area (TPSA) is 61.0 Å². The van der Waals surface area contributed by atoms with E-state index in [-0.39, 0.29) is 30.0 Å². The van der Waals surface area contributed by atoms with Gasteiger partial charge in [-0.1, -0.05) is 44.2 Å². The maximum Gasteiger partial charge on any atom is 0.191 e. The Kier molecular flexibility index (Phi) is 9.46. The lowest BCUT2D eigenvalue weighted by Crippen LogP contribution is -2.51. The second-order valence-electron chi connectivity index (χ2n) is 6.64. The van der Waals surface area contributed by atoms with E-state index < -0.39 is 0 Å². The lowest BCUT2D eigenvalue weighted by atomic mass is 10.1. The van der Waals surface area contributed by atoms with Gasteiger partial charge in [-0.15, -0.1) is 35.3 Å². The van der Waals surface area contributed by atoms with Crippen molar-refractivity contribution in [3.05, 3.63) is 47.5 Å². The van der Waals surface area contributed by atoms with E-state index in [2.05, 4.69) is 63.9 Å². The van der Waals surface area contributed by atoms with Crippen molar-refractivity contribution in [2.24, 2.45) is 10.7 Å². The predicted octanol–water partition coefficient (Wildman–Crippen LogP) is 3.28. The number of nitrogens with two attached hydrogens (primary N) is 1. The molecule has 0 radical (unpaired) electrons. The number of hydrogen-bond donors (Lipinski definition) is 1. The predicted molar refractivity (Wildman–Crippen MR) is 130 cm³/mol. The molecule has 1 saturated heterocycles. The molecule has 28 heavy (non-hydrogen) atoms. The maximum absolute atomic E-state index is 6.35. The number of thiazole rings is 1. The van der Waals surface area contributed by atoms with Crippen LogP contribution in [0.2, 0.25) is 0 Å². The van der Waals surface area contributed by atoms with Crippen LogP contribution in [0.4, 0.5) is 5.13 Å². The van der Waals surface area contributed by atoms with Crippen molar-refractivity contribution in [2.45, 2.75) is 19.9 Å².